The Labute approximate surface area is 161 Å². The average molecular weight is 420 g/mol. The fourth-order valence-electron chi connectivity index (χ4n) is 3.22. The van der Waals surface area contributed by atoms with Gasteiger partial charge in [0.05, 0.1) is 11.4 Å². The normalized spacial score (nSPS) is 15.2. The van der Waals surface area contributed by atoms with Crippen molar-refractivity contribution in [2.24, 2.45) is 5.92 Å². The minimum Gasteiger partial charge on any atom is -0.349 e. The molecule has 0 atom stereocenters. The summed E-state index contributed by atoms with van der Waals surface area (Å²) in [6, 6.07) is 7.68. The van der Waals surface area contributed by atoms with Gasteiger partial charge in [-0.05, 0) is 38.0 Å². The summed E-state index contributed by atoms with van der Waals surface area (Å²) >= 11 is 3.44. The van der Waals surface area contributed by atoms with E-state index >= 15 is 0 Å². The molecule has 0 spiro atoms. The zero-order chi connectivity index (χ0) is 18.8. The van der Waals surface area contributed by atoms with E-state index in [1.807, 2.05) is 31.2 Å². The molecule has 0 N–H and O–H groups in total. The zero-order valence-corrected chi connectivity index (χ0v) is 16.7. The summed E-state index contributed by atoms with van der Waals surface area (Å²) in [6.07, 6.45) is 1.36. The van der Waals surface area contributed by atoms with Crippen LogP contribution in [0.1, 0.15) is 29.0 Å². The van der Waals surface area contributed by atoms with E-state index in [4.69, 9.17) is 0 Å². The third-order valence-electron chi connectivity index (χ3n) is 4.72. The number of aromatic nitrogens is 3. The highest BCUT2D eigenvalue weighted by Gasteiger charge is 2.30. The quantitative estimate of drug-likeness (QED) is 0.764. The highest BCUT2D eigenvalue weighted by atomic mass is 79.9. The molecule has 0 unspecified atom stereocenters. The molecule has 0 radical (unpaired) electrons. The van der Waals surface area contributed by atoms with Gasteiger partial charge < -0.3 is 9.80 Å². The first-order chi connectivity index (χ1) is 12.4. The minimum atomic E-state index is -0.125. The fraction of sp³-hybridized carbons (Fsp3) is 0.444. The van der Waals surface area contributed by atoms with E-state index in [0.717, 1.165) is 10.2 Å². The number of hydrogen-bond donors (Lipinski definition) is 0. The van der Waals surface area contributed by atoms with Gasteiger partial charge in [0.2, 0.25) is 5.91 Å². The van der Waals surface area contributed by atoms with Gasteiger partial charge in [-0.3, -0.25) is 9.59 Å². The number of carbonyl (C=O) groups is 2. The van der Waals surface area contributed by atoms with Crippen molar-refractivity contribution >= 4 is 27.7 Å². The number of amides is 2. The zero-order valence-electron chi connectivity index (χ0n) is 15.1. The van der Waals surface area contributed by atoms with Crippen molar-refractivity contribution in [3.63, 3.8) is 0 Å². The summed E-state index contributed by atoms with van der Waals surface area (Å²) in [5.74, 6) is 0.000811. The number of rotatable bonds is 3. The maximum Gasteiger partial charge on any atom is 0.276 e. The van der Waals surface area contributed by atoms with Crippen LogP contribution in [0.2, 0.25) is 0 Å². The van der Waals surface area contributed by atoms with E-state index in [9.17, 15) is 9.59 Å². The molecule has 1 aromatic heterocycles. The smallest absolute Gasteiger partial charge is 0.276 e. The topological polar surface area (TPSA) is 71.3 Å². The summed E-state index contributed by atoms with van der Waals surface area (Å²) in [7, 11) is 3.53. The van der Waals surface area contributed by atoms with E-state index < -0.39 is 0 Å². The Bertz CT molecular complexity index is 825. The van der Waals surface area contributed by atoms with Gasteiger partial charge >= 0.3 is 0 Å². The first-order valence-corrected chi connectivity index (χ1v) is 9.36. The number of likely N-dealkylation sites (tertiary alicyclic amines) is 1. The Morgan fingerprint density at radius 1 is 1.23 bits per heavy atom. The lowest BCUT2D eigenvalue weighted by Gasteiger charge is -2.32. The molecule has 2 amide bonds. The maximum atomic E-state index is 12.8. The summed E-state index contributed by atoms with van der Waals surface area (Å²) in [5.41, 5.74) is 1.92. The van der Waals surface area contributed by atoms with Crippen LogP contribution < -0.4 is 0 Å². The first kappa shape index (κ1) is 18.6. The standard InChI is InChI=1S/C18H22BrN5O2/c1-12-16(20-21-24(12)15-6-4-5-14(19)11-15)18(26)23-9-7-13(8-10-23)17(25)22(2)3/h4-6,11,13H,7-10H2,1-3H3. The Kier molecular flexibility index (Phi) is 5.41. The van der Waals surface area contributed by atoms with E-state index in [0.29, 0.717) is 37.3 Å². The Hall–Kier alpha value is -2.22. The van der Waals surface area contributed by atoms with Crippen molar-refractivity contribution in [3.05, 3.63) is 40.1 Å². The van der Waals surface area contributed by atoms with Crippen LogP contribution in [0.25, 0.3) is 5.69 Å². The lowest BCUT2D eigenvalue weighted by molar-refractivity contribution is -0.134. The molecular weight excluding hydrogens is 398 g/mol. The third kappa shape index (κ3) is 3.65. The summed E-state index contributed by atoms with van der Waals surface area (Å²) in [6.45, 7) is 2.97. The van der Waals surface area contributed by atoms with Crippen molar-refractivity contribution in [1.29, 1.82) is 0 Å². The van der Waals surface area contributed by atoms with Gasteiger partial charge in [-0.2, -0.15) is 0 Å². The SMILES string of the molecule is Cc1c(C(=O)N2CCC(C(=O)N(C)C)CC2)nnn1-c1cccc(Br)c1. The van der Waals surface area contributed by atoms with Gasteiger partial charge in [-0.25, -0.2) is 4.68 Å². The number of carbonyl (C=O) groups excluding carboxylic acids is 2. The van der Waals surface area contributed by atoms with Crippen molar-refractivity contribution in [2.75, 3.05) is 27.2 Å². The number of benzene rings is 1. The van der Waals surface area contributed by atoms with Gasteiger partial charge in [0.15, 0.2) is 5.69 Å². The Morgan fingerprint density at radius 2 is 1.92 bits per heavy atom. The van der Waals surface area contributed by atoms with E-state index in [-0.39, 0.29) is 17.7 Å². The van der Waals surface area contributed by atoms with Crippen molar-refractivity contribution in [3.8, 4) is 5.69 Å². The van der Waals surface area contributed by atoms with Gasteiger partial charge in [0.25, 0.3) is 5.91 Å². The molecule has 7 nitrogen and oxygen atoms in total. The molecule has 3 rings (SSSR count). The lowest BCUT2D eigenvalue weighted by atomic mass is 9.95. The van der Waals surface area contributed by atoms with Crippen LogP contribution in [0.3, 0.4) is 0 Å². The second-order valence-electron chi connectivity index (χ2n) is 6.71. The molecule has 1 aromatic carbocycles. The van der Waals surface area contributed by atoms with Crippen LogP contribution in [-0.2, 0) is 4.79 Å². The van der Waals surface area contributed by atoms with Gasteiger partial charge in [0, 0.05) is 37.6 Å². The average Bonchev–Trinajstić information content (AvgIpc) is 3.02. The van der Waals surface area contributed by atoms with Crippen molar-refractivity contribution < 1.29 is 9.59 Å². The van der Waals surface area contributed by atoms with Crippen molar-refractivity contribution in [1.82, 2.24) is 24.8 Å². The summed E-state index contributed by atoms with van der Waals surface area (Å²) in [5, 5.41) is 8.26. The molecule has 26 heavy (non-hydrogen) atoms. The van der Waals surface area contributed by atoms with Crippen LogP contribution in [-0.4, -0.2) is 63.8 Å². The van der Waals surface area contributed by atoms with Gasteiger partial charge in [-0.15, -0.1) is 5.10 Å². The predicted molar refractivity (Wildman–Crippen MR) is 101 cm³/mol. The number of hydrogen-bond acceptors (Lipinski definition) is 4. The number of nitrogens with zero attached hydrogens (tertiary/aromatic N) is 5. The van der Waals surface area contributed by atoms with E-state index in [1.54, 1.807) is 28.6 Å². The monoisotopic (exact) mass is 419 g/mol. The number of piperidine rings is 1. The highest BCUT2D eigenvalue weighted by Crippen LogP contribution is 2.22. The van der Waals surface area contributed by atoms with Crippen LogP contribution >= 0.6 is 15.9 Å². The molecule has 2 aromatic rings. The molecule has 8 heteroatoms. The Morgan fingerprint density at radius 3 is 2.54 bits per heavy atom. The van der Waals surface area contributed by atoms with Crippen LogP contribution in [0.15, 0.2) is 28.7 Å². The lowest BCUT2D eigenvalue weighted by Crippen LogP contribution is -2.43. The largest absolute Gasteiger partial charge is 0.349 e. The second kappa shape index (κ2) is 7.57. The number of halogens is 1. The molecule has 1 fully saturated rings. The molecule has 1 saturated heterocycles. The van der Waals surface area contributed by atoms with Crippen LogP contribution in [0.5, 0.6) is 0 Å². The fourth-order valence-corrected chi connectivity index (χ4v) is 3.61. The minimum absolute atomic E-state index is 0.00695. The van der Waals surface area contributed by atoms with Gasteiger partial charge in [0.1, 0.15) is 0 Å². The second-order valence-corrected chi connectivity index (χ2v) is 7.63. The first-order valence-electron chi connectivity index (χ1n) is 8.57. The molecule has 1 aliphatic heterocycles. The maximum absolute atomic E-state index is 12.8. The molecular formula is C18H22BrN5O2. The van der Waals surface area contributed by atoms with Crippen molar-refractivity contribution in [2.45, 2.75) is 19.8 Å². The molecule has 138 valence electrons. The molecule has 1 aliphatic rings. The molecule has 0 aliphatic carbocycles. The molecule has 2 heterocycles. The molecule has 0 bridgehead atoms. The highest BCUT2D eigenvalue weighted by molar-refractivity contribution is 9.10. The van der Waals surface area contributed by atoms with Crippen LogP contribution in [0.4, 0.5) is 0 Å². The Balaban J connectivity index is 1.73. The van der Waals surface area contributed by atoms with Gasteiger partial charge in [-0.1, -0.05) is 27.2 Å². The van der Waals surface area contributed by atoms with Crippen LogP contribution in [0, 0.1) is 12.8 Å². The summed E-state index contributed by atoms with van der Waals surface area (Å²) < 4.78 is 2.60. The molecule has 0 saturated carbocycles. The summed E-state index contributed by atoms with van der Waals surface area (Å²) in [4.78, 5) is 28.3. The third-order valence-corrected chi connectivity index (χ3v) is 5.22. The van der Waals surface area contributed by atoms with E-state index in [1.165, 1.54) is 0 Å². The predicted octanol–water partition coefficient (Wildman–Crippen LogP) is 2.28. The van der Waals surface area contributed by atoms with E-state index in [2.05, 4.69) is 26.2 Å².